The van der Waals surface area contributed by atoms with Crippen LogP contribution in [0.2, 0.25) is 0 Å². The number of carbonyl (C=O) groups excluding carboxylic acids is 1. The molecule has 3 nitrogen and oxygen atoms in total. The fourth-order valence-corrected chi connectivity index (χ4v) is 1.30. The molecule has 1 rings (SSSR count). The first kappa shape index (κ1) is 17.0. The van der Waals surface area contributed by atoms with E-state index in [0.29, 0.717) is 0 Å². The van der Waals surface area contributed by atoms with Crippen molar-refractivity contribution in [3.63, 3.8) is 0 Å². The van der Waals surface area contributed by atoms with Crippen LogP contribution in [0.5, 0.6) is 11.5 Å². The van der Waals surface area contributed by atoms with Crippen molar-refractivity contribution >= 4 is 18.7 Å². The van der Waals surface area contributed by atoms with E-state index in [1.807, 2.05) is 0 Å². The molecule has 88 valence electrons. The molecule has 17 heavy (non-hydrogen) atoms. The molecule has 0 aliphatic carbocycles. The second-order valence-electron chi connectivity index (χ2n) is 3.03. The largest absolute Gasteiger partial charge is 1.00 e. The average molecular weight is 272 g/mol. The van der Waals surface area contributed by atoms with Crippen molar-refractivity contribution in [2.75, 3.05) is 14.2 Å². The number of hydrogen-bond donors (Lipinski definition) is 0. The summed E-state index contributed by atoms with van der Waals surface area (Å²) in [6.45, 7) is -5.25. The van der Waals surface area contributed by atoms with E-state index in [2.05, 4.69) is 0 Å². The summed E-state index contributed by atoms with van der Waals surface area (Å²) >= 11 is 0. The van der Waals surface area contributed by atoms with Gasteiger partial charge in [0.15, 0.2) is 11.5 Å². The Morgan fingerprint density at radius 2 is 1.59 bits per heavy atom. The zero-order valence-corrected chi connectivity index (χ0v) is 12.8. The first-order chi connectivity index (χ1) is 7.43. The number of methoxy groups -OCH3 is 2. The summed E-state index contributed by atoms with van der Waals surface area (Å²) in [6, 6.07) is 1.78. The molecule has 0 fully saturated rings. The molecule has 1 aromatic carbocycles. The predicted molar refractivity (Wildman–Crippen MR) is 53.6 cm³/mol. The van der Waals surface area contributed by atoms with Crippen molar-refractivity contribution in [3.8, 4) is 11.5 Å². The zero-order valence-electron chi connectivity index (χ0n) is 9.67. The van der Waals surface area contributed by atoms with Gasteiger partial charge in [0.05, 0.1) is 14.2 Å². The van der Waals surface area contributed by atoms with Crippen molar-refractivity contribution in [1.29, 1.82) is 0 Å². The minimum absolute atomic E-state index is 0. The number of aldehydes is 1. The van der Waals surface area contributed by atoms with Gasteiger partial charge in [0, 0.05) is 0 Å². The SMILES string of the molecule is COc1cc(C=O)c([B-](F)(F)F)cc1OC.[K+]. The van der Waals surface area contributed by atoms with Gasteiger partial charge in [-0.05, 0) is 17.7 Å². The molecular formula is C9H9BF3KO3. The van der Waals surface area contributed by atoms with Crippen LogP contribution in [-0.4, -0.2) is 27.5 Å². The summed E-state index contributed by atoms with van der Waals surface area (Å²) in [5, 5.41) is 0. The van der Waals surface area contributed by atoms with Crippen LogP contribution in [-0.2, 0) is 0 Å². The third kappa shape index (κ3) is 3.99. The number of carbonyl (C=O) groups is 1. The third-order valence-electron chi connectivity index (χ3n) is 2.07. The summed E-state index contributed by atoms with van der Waals surface area (Å²) in [5.41, 5.74) is -1.43. The van der Waals surface area contributed by atoms with Gasteiger partial charge in [0.2, 0.25) is 0 Å². The second kappa shape index (κ2) is 6.79. The molecule has 0 unspecified atom stereocenters. The maximum absolute atomic E-state index is 12.6. The fourth-order valence-electron chi connectivity index (χ4n) is 1.30. The monoisotopic (exact) mass is 272 g/mol. The van der Waals surface area contributed by atoms with Gasteiger partial charge in [-0.25, -0.2) is 0 Å². The fraction of sp³-hybridized carbons (Fsp3) is 0.222. The maximum atomic E-state index is 12.6. The average Bonchev–Trinajstić information content (AvgIpc) is 2.25. The zero-order chi connectivity index (χ0) is 12.3. The number of halogens is 3. The minimum Gasteiger partial charge on any atom is -0.493 e. The van der Waals surface area contributed by atoms with Crippen LogP contribution in [0.4, 0.5) is 12.9 Å². The molecule has 0 spiro atoms. The summed E-state index contributed by atoms with van der Waals surface area (Å²) in [6.07, 6.45) is 0.145. The molecule has 0 bridgehead atoms. The molecule has 1 aromatic rings. The van der Waals surface area contributed by atoms with Crippen molar-refractivity contribution in [3.05, 3.63) is 17.7 Å². The topological polar surface area (TPSA) is 35.5 Å². The van der Waals surface area contributed by atoms with Gasteiger partial charge >= 0.3 is 58.4 Å². The van der Waals surface area contributed by atoms with Gasteiger partial charge in [0.25, 0.3) is 0 Å². The van der Waals surface area contributed by atoms with Gasteiger partial charge in [-0.3, -0.25) is 4.79 Å². The predicted octanol–water partition coefficient (Wildman–Crippen LogP) is -1.43. The smallest absolute Gasteiger partial charge is 0.493 e. The molecule has 0 aliphatic rings. The third-order valence-corrected chi connectivity index (χ3v) is 2.07. The van der Waals surface area contributed by atoms with E-state index in [1.54, 1.807) is 0 Å². The standard InChI is InChI=1S/C9H9BF3O3.K/c1-15-8-3-6(5-14)7(10(11,12)13)4-9(8)16-2;/h3-5H,1-2H3;/q-1;+1. The van der Waals surface area contributed by atoms with Crippen LogP contribution in [0.1, 0.15) is 10.4 Å². The Hall–Kier alpha value is -0.0187. The Morgan fingerprint density at radius 1 is 1.12 bits per heavy atom. The van der Waals surface area contributed by atoms with E-state index >= 15 is 0 Å². The summed E-state index contributed by atoms with van der Waals surface area (Å²) < 4.78 is 47.3. The first-order valence-electron chi connectivity index (χ1n) is 4.35. The molecule has 0 N–H and O–H groups in total. The molecule has 8 heteroatoms. The van der Waals surface area contributed by atoms with Gasteiger partial charge in [-0.2, -0.15) is 0 Å². The van der Waals surface area contributed by atoms with Crippen LogP contribution in [0, 0.1) is 0 Å². The molecule has 0 saturated carbocycles. The summed E-state index contributed by atoms with van der Waals surface area (Å²) in [5.74, 6) is 0.0377. The first-order valence-corrected chi connectivity index (χ1v) is 4.35. The van der Waals surface area contributed by atoms with Crippen LogP contribution >= 0.6 is 0 Å². The van der Waals surface area contributed by atoms with Crippen molar-refractivity contribution in [2.24, 2.45) is 0 Å². The number of hydrogen-bond acceptors (Lipinski definition) is 3. The van der Waals surface area contributed by atoms with Crippen LogP contribution in [0.25, 0.3) is 0 Å². The molecule has 0 amide bonds. The molecule has 0 atom stereocenters. The van der Waals surface area contributed by atoms with E-state index in [0.717, 1.165) is 12.1 Å². The molecule has 0 aliphatic heterocycles. The molecule has 0 heterocycles. The molecule has 0 radical (unpaired) electrons. The van der Waals surface area contributed by atoms with Gasteiger partial charge < -0.3 is 22.4 Å². The maximum Gasteiger partial charge on any atom is 1.00 e. The van der Waals surface area contributed by atoms with E-state index < -0.39 is 18.0 Å². The van der Waals surface area contributed by atoms with E-state index in [1.165, 1.54) is 14.2 Å². The van der Waals surface area contributed by atoms with Crippen LogP contribution in [0.3, 0.4) is 0 Å². The molecular weight excluding hydrogens is 263 g/mol. The number of rotatable bonds is 4. The van der Waals surface area contributed by atoms with Crippen LogP contribution < -0.4 is 66.3 Å². The Labute approximate surface area is 139 Å². The number of benzene rings is 1. The summed E-state index contributed by atoms with van der Waals surface area (Å²) in [7, 11) is 2.51. The second-order valence-corrected chi connectivity index (χ2v) is 3.03. The van der Waals surface area contributed by atoms with E-state index in [9.17, 15) is 17.7 Å². The van der Waals surface area contributed by atoms with Gasteiger partial charge in [-0.1, -0.05) is 5.46 Å². The molecule has 0 aromatic heterocycles. The van der Waals surface area contributed by atoms with Crippen molar-refractivity contribution < 1.29 is 78.6 Å². The number of ether oxygens (including phenoxy) is 2. The van der Waals surface area contributed by atoms with Crippen molar-refractivity contribution in [2.45, 2.75) is 0 Å². The van der Waals surface area contributed by atoms with Gasteiger partial charge in [-0.15, -0.1) is 0 Å². The van der Waals surface area contributed by atoms with E-state index in [4.69, 9.17) is 9.47 Å². The van der Waals surface area contributed by atoms with Crippen LogP contribution in [0.15, 0.2) is 12.1 Å². The van der Waals surface area contributed by atoms with E-state index in [-0.39, 0.29) is 69.2 Å². The van der Waals surface area contributed by atoms with Gasteiger partial charge in [0.1, 0.15) is 6.29 Å². The Kier molecular flexibility index (Phi) is 6.78. The Morgan fingerprint density at radius 3 is 1.94 bits per heavy atom. The Bertz CT molecular complexity index is 409. The minimum atomic E-state index is -5.25. The molecule has 0 saturated heterocycles. The van der Waals surface area contributed by atoms with Crippen molar-refractivity contribution in [1.82, 2.24) is 0 Å². The quantitative estimate of drug-likeness (QED) is 0.498. The summed E-state index contributed by atoms with van der Waals surface area (Å²) in [4.78, 5) is 10.6. The Balaban J connectivity index is 0.00000256. The normalized spacial score (nSPS) is 10.4.